The van der Waals surface area contributed by atoms with Crippen molar-refractivity contribution in [3.8, 4) is 0 Å². The number of thiazole rings is 1. The molecule has 1 unspecified atom stereocenters. The van der Waals surface area contributed by atoms with Crippen LogP contribution in [0.4, 0.5) is 9.93 Å². The van der Waals surface area contributed by atoms with Crippen molar-refractivity contribution in [2.45, 2.75) is 25.3 Å². The van der Waals surface area contributed by atoms with Gasteiger partial charge < -0.3 is 15.5 Å². The van der Waals surface area contributed by atoms with Crippen molar-refractivity contribution in [3.05, 3.63) is 47.5 Å². The summed E-state index contributed by atoms with van der Waals surface area (Å²) in [7, 11) is 0. The van der Waals surface area contributed by atoms with Gasteiger partial charge in [0.05, 0.1) is 0 Å². The molecule has 1 aromatic heterocycles. The zero-order valence-electron chi connectivity index (χ0n) is 13.3. The number of rotatable bonds is 5. The van der Waals surface area contributed by atoms with Crippen LogP contribution in [0.1, 0.15) is 18.4 Å². The lowest BCUT2D eigenvalue weighted by Crippen LogP contribution is -2.49. The van der Waals surface area contributed by atoms with Crippen molar-refractivity contribution in [1.29, 1.82) is 0 Å². The minimum atomic E-state index is -0.635. The lowest BCUT2D eigenvalue weighted by molar-refractivity contribution is -0.118. The summed E-state index contributed by atoms with van der Waals surface area (Å²) in [4.78, 5) is 30.8. The zero-order valence-corrected chi connectivity index (χ0v) is 14.1. The maximum atomic E-state index is 12.6. The van der Waals surface area contributed by atoms with Gasteiger partial charge in [-0.1, -0.05) is 30.3 Å². The number of anilines is 1. The maximum Gasteiger partial charge on any atom is 0.318 e. The van der Waals surface area contributed by atoms with Crippen molar-refractivity contribution in [1.82, 2.24) is 15.2 Å². The molecule has 0 bridgehead atoms. The van der Waals surface area contributed by atoms with Crippen molar-refractivity contribution >= 4 is 28.4 Å². The first-order valence-electron chi connectivity index (χ1n) is 8.02. The number of carbonyl (C=O) groups is 2. The molecule has 1 aliphatic rings. The molecule has 2 heterocycles. The average Bonchev–Trinajstić information content (AvgIpc) is 3.29. The van der Waals surface area contributed by atoms with Gasteiger partial charge in [-0.25, -0.2) is 9.78 Å². The number of urea groups is 1. The smallest absolute Gasteiger partial charge is 0.318 e. The molecule has 1 atom stereocenters. The van der Waals surface area contributed by atoms with Crippen LogP contribution in [0.5, 0.6) is 0 Å². The first-order chi connectivity index (χ1) is 11.7. The summed E-state index contributed by atoms with van der Waals surface area (Å²) in [6.45, 7) is 1.50. The summed E-state index contributed by atoms with van der Waals surface area (Å²) in [5, 5.41) is 7.98. The Hall–Kier alpha value is -2.41. The van der Waals surface area contributed by atoms with Gasteiger partial charge in [0.25, 0.3) is 0 Å². The van der Waals surface area contributed by atoms with Crippen LogP contribution in [0, 0.1) is 0 Å². The van der Waals surface area contributed by atoms with Crippen molar-refractivity contribution < 1.29 is 9.59 Å². The molecule has 2 aromatic rings. The number of aromatic nitrogens is 1. The number of benzene rings is 1. The second kappa shape index (κ2) is 7.92. The minimum absolute atomic E-state index is 0.178. The Balaban J connectivity index is 1.69. The van der Waals surface area contributed by atoms with Gasteiger partial charge in [0, 0.05) is 31.1 Å². The second-order valence-corrected chi connectivity index (χ2v) is 6.61. The monoisotopic (exact) mass is 344 g/mol. The predicted molar refractivity (Wildman–Crippen MR) is 94.0 cm³/mol. The van der Waals surface area contributed by atoms with Crippen molar-refractivity contribution in [2.24, 2.45) is 0 Å². The summed E-state index contributed by atoms with van der Waals surface area (Å²) in [5.41, 5.74) is 0.999. The summed E-state index contributed by atoms with van der Waals surface area (Å²) in [5.74, 6) is -0.249. The molecule has 1 saturated heterocycles. The predicted octanol–water partition coefficient (Wildman–Crippen LogP) is 2.50. The fourth-order valence-electron chi connectivity index (χ4n) is 2.70. The van der Waals surface area contributed by atoms with Crippen molar-refractivity contribution in [3.63, 3.8) is 0 Å². The van der Waals surface area contributed by atoms with Crippen LogP contribution in [-0.4, -0.2) is 41.0 Å². The molecule has 3 rings (SSSR count). The van der Waals surface area contributed by atoms with E-state index >= 15 is 0 Å². The Morgan fingerprint density at radius 1 is 1.21 bits per heavy atom. The van der Waals surface area contributed by atoms with Gasteiger partial charge in [-0.15, -0.1) is 11.3 Å². The Morgan fingerprint density at radius 2 is 1.96 bits per heavy atom. The van der Waals surface area contributed by atoms with E-state index in [-0.39, 0.29) is 11.9 Å². The Morgan fingerprint density at radius 3 is 2.62 bits per heavy atom. The molecule has 1 aromatic carbocycles. The van der Waals surface area contributed by atoms with E-state index in [2.05, 4.69) is 15.6 Å². The lowest BCUT2D eigenvalue weighted by atomic mass is 10.1. The van der Waals surface area contributed by atoms with E-state index in [0.29, 0.717) is 11.6 Å². The van der Waals surface area contributed by atoms with Gasteiger partial charge in [0.15, 0.2) is 5.13 Å². The molecule has 7 heteroatoms. The molecule has 2 N–H and O–H groups in total. The van der Waals surface area contributed by atoms with Gasteiger partial charge in [0.2, 0.25) is 5.91 Å². The van der Waals surface area contributed by atoms with E-state index < -0.39 is 6.04 Å². The molecular formula is C17H20N4O2S. The third-order valence-corrected chi connectivity index (χ3v) is 4.64. The fraction of sp³-hybridized carbons (Fsp3) is 0.353. The number of likely N-dealkylation sites (tertiary alicyclic amines) is 1. The third kappa shape index (κ3) is 4.32. The summed E-state index contributed by atoms with van der Waals surface area (Å²) < 4.78 is 0. The van der Waals surface area contributed by atoms with Crippen LogP contribution in [0.3, 0.4) is 0 Å². The fourth-order valence-corrected chi connectivity index (χ4v) is 3.23. The average molecular weight is 344 g/mol. The van der Waals surface area contributed by atoms with Gasteiger partial charge in [-0.2, -0.15) is 0 Å². The van der Waals surface area contributed by atoms with Crippen LogP contribution in [0.2, 0.25) is 0 Å². The molecule has 3 amide bonds. The van der Waals surface area contributed by atoms with E-state index in [1.165, 1.54) is 11.3 Å². The zero-order chi connectivity index (χ0) is 16.8. The van der Waals surface area contributed by atoms with Gasteiger partial charge in [0.1, 0.15) is 6.04 Å². The lowest BCUT2D eigenvalue weighted by Gasteiger charge is -2.22. The second-order valence-electron chi connectivity index (χ2n) is 5.71. The first-order valence-corrected chi connectivity index (χ1v) is 8.90. The quantitative estimate of drug-likeness (QED) is 0.875. The molecule has 126 valence electrons. The molecule has 0 spiro atoms. The van der Waals surface area contributed by atoms with E-state index in [9.17, 15) is 9.59 Å². The SMILES string of the molecule is O=C(Nc1nccs1)C(Cc1ccccc1)NC(=O)N1CCCC1. The highest BCUT2D eigenvalue weighted by Crippen LogP contribution is 2.13. The highest BCUT2D eigenvalue weighted by Gasteiger charge is 2.25. The number of nitrogens with one attached hydrogen (secondary N) is 2. The molecule has 0 saturated carbocycles. The van der Waals surface area contributed by atoms with Crippen LogP contribution in [0.25, 0.3) is 0 Å². The number of nitrogens with zero attached hydrogens (tertiary/aromatic N) is 2. The van der Waals surface area contributed by atoms with Crippen LogP contribution in [-0.2, 0) is 11.2 Å². The molecule has 1 fully saturated rings. The van der Waals surface area contributed by atoms with E-state index in [0.717, 1.165) is 31.5 Å². The van der Waals surface area contributed by atoms with E-state index in [4.69, 9.17) is 0 Å². The number of hydrogen-bond donors (Lipinski definition) is 2. The molecule has 24 heavy (non-hydrogen) atoms. The van der Waals surface area contributed by atoms with Gasteiger partial charge in [-0.3, -0.25) is 4.79 Å². The number of hydrogen-bond acceptors (Lipinski definition) is 4. The topological polar surface area (TPSA) is 74.3 Å². The first kappa shape index (κ1) is 16.4. The minimum Gasteiger partial charge on any atom is -0.326 e. The Bertz CT molecular complexity index is 669. The summed E-state index contributed by atoms with van der Waals surface area (Å²) in [6, 6.07) is 8.86. The molecule has 6 nitrogen and oxygen atoms in total. The van der Waals surface area contributed by atoms with Crippen LogP contribution < -0.4 is 10.6 Å². The van der Waals surface area contributed by atoms with Gasteiger partial charge in [-0.05, 0) is 18.4 Å². The molecule has 1 aliphatic heterocycles. The van der Waals surface area contributed by atoms with Crippen LogP contribution in [0.15, 0.2) is 41.9 Å². The molecular weight excluding hydrogens is 324 g/mol. The van der Waals surface area contributed by atoms with Gasteiger partial charge >= 0.3 is 6.03 Å². The summed E-state index contributed by atoms with van der Waals surface area (Å²) in [6.07, 6.45) is 4.11. The number of amides is 3. The van der Waals surface area contributed by atoms with Crippen LogP contribution >= 0.6 is 11.3 Å². The normalized spacial score (nSPS) is 15.1. The largest absolute Gasteiger partial charge is 0.326 e. The standard InChI is InChI=1S/C17H20N4O2S/c22-15(20-16-18-8-11-24-16)14(12-13-6-2-1-3-7-13)19-17(23)21-9-4-5-10-21/h1-3,6-8,11,14H,4-5,9-10,12H2,(H,19,23)(H,18,20,22). The third-order valence-electron chi connectivity index (χ3n) is 3.95. The number of carbonyl (C=O) groups excluding carboxylic acids is 2. The highest BCUT2D eigenvalue weighted by molar-refractivity contribution is 7.13. The van der Waals surface area contributed by atoms with E-state index in [1.54, 1.807) is 16.5 Å². The Labute approximate surface area is 144 Å². The molecule has 0 aliphatic carbocycles. The highest BCUT2D eigenvalue weighted by atomic mass is 32.1. The van der Waals surface area contributed by atoms with E-state index in [1.807, 2.05) is 30.3 Å². The maximum absolute atomic E-state index is 12.6. The summed E-state index contributed by atoms with van der Waals surface area (Å²) >= 11 is 1.35. The molecule has 0 radical (unpaired) electrons. The Kier molecular flexibility index (Phi) is 5.43. The van der Waals surface area contributed by atoms with Crippen molar-refractivity contribution in [2.75, 3.05) is 18.4 Å².